The van der Waals surface area contributed by atoms with Gasteiger partial charge in [0.05, 0.1) is 26.4 Å². The van der Waals surface area contributed by atoms with Crippen molar-refractivity contribution < 1.29 is 27.2 Å². The van der Waals surface area contributed by atoms with E-state index in [1.165, 1.54) is 0 Å². The molecule has 0 aromatic heterocycles. The van der Waals surface area contributed by atoms with E-state index in [1.807, 2.05) is 64.1 Å². The molecule has 0 fully saturated rings. The van der Waals surface area contributed by atoms with Gasteiger partial charge in [-0.1, -0.05) is 65.8 Å². The molecule has 1 atom stereocenters. The minimum absolute atomic E-state index is 0.0147. The molecule has 0 radical (unpaired) electrons. The first-order chi connectivity index (χ1) is 16.0. The van der Waals surface area contributed by atoms with E-state index >= 15 is 0 Å². The highest BCUT2D eigenvalue weighted by Crippen LogP contribution is 2.36. The molecular formula is C27H40O6S. The van der Waals surface area contributed by atoms with Crippen molar-refractivity contribution in [2.45, 2.75) is 83.3 Å². The summed E-state index contributed by atoms with van der Waals surface area (Å²) in [5.74, 6) is 1.09. The number of methoxy groups -OCH3 is 1. The molecule has 2 rings (SSSR count). The molecular weight excluding hydrogens is 452 g/mol. The van der Waals surface area contributed by atoms with Gasteiger partial charge in [-0.3, -0.25) is 4.18 Å². The maximum absolute atomic E-state index is 13.3. The quantitative estimate of drug-likeness (QED) is 0.284. The third-order valence-electron chi connectivity index (χ3n) is 5.77. The van der Waals surface area contributed by atoms with E-state index < -0.39 is 16.2 Å². The van der Waals surface area contributed by atoms with Crippen molar-refractivity contribution in [1.82, 2.24) is 0 Å². The SMILES string of the molecule is COc1ccc(COCC[C@H](O)COS(=O)(=O)c2c(C(C)C)cc(C(C)C)cc2C(C)C)cc1. The lowest BCUT2D eigenvalue weighted by molar-refractivity contribution is 0.0510. The van der Waals surface area contributed by atoms with E-state index in [-0.39, 0.29) is 42.3 Å². The van der Waals surface area contributed by atoms with Gasteiger partial charge in [0.15, 0.2) is 0 Å². The van der Waals surface area contributed by atoms with Crippen LogP contribution in [0.5, 0.6) is 5.75 Å². The molecule has 7 heteroatoms. The topological polar surface area (TPSA) is 82.1 Å². The molecule has 0 saturated carbocycles. The maximum Gasteiger partial charge on any atom is 0.297 e. The summed E-state index contributed by atoms with van der Waals surface area (Å²) in [5.41, 5.74) is 3.61. The molecule has 0 aliphatic carbocycles. The zero-order valence-electron chi connectivity index (χ0n) is 21.5. The predicted molar refractivity (Wildman–Crippen MR) is 135 cm³/mol. The van der Waals surface area contributed by atoms with Crippen LogP contribution in [0.1, 0.15) is 88.0 Å². The van der Waals surface area contributed by atoms with Gasteiger partial charge in [-0.25, -0.2) is 0 Å². The normalized spacial score (nSPS) is 13.1. The summed E-state index contributed by atoms with van der Waals surface area (Å²) in [6, 6.07) is 11.5. The summed E-state index contributed by atoms with van der Waals surface area (Å²) in [7, 11) is -2.43. The van der Waals surface area contributed by atoms with Crippen molar-refractivity contribution in [2.75, 3.05) is 20.3 Å². The fourth-order valence-corrected chi connectivity index (χ4v) is 5.24. The van der Waals surface area contributed by atoms with Gasteiger partial charge in [0.2, 0.25) is 0 Å². The van der Waals surface area contributed by atoms with Gasteiger partial charge in [-0.05, 0) is 58.6 Å². The van der Waals surface area contributed by atoms with Crippen molar-refractivity contribution in [1.29, 1.82) is 0 Å². The number of benzene rings is 2. The molecule has 190 valence electrons. The number of aliphatic hydroxyl groups excluding tert-OH is 1. The molecule has 0 amide bonds. The second kappa shape index (κ2) is 12.7. The average Bonchev–Trinajstić information content (AvgIpc) is 2.79. The van der Waals surface area contributed by atoms with Crippen molar-refractivity contribution in [2.24, 2.45) is 0 Å². The van der Waals surface area contributed by atoms with Crippen LogP contribution in [0.4, 0.5) is 0 Å². The Balaban J connectivity index is 2.03. The molecule has 34 heavy (non-hydrogen) atoms. The highest BCUT2D eigenvalue weighted by atomic mass is 32.2. The zero-order valence-corrected chi connectivity index (χ0v) is 22.3. The van der Waals surface area contributed by atoms with E-state index in [2.05, 4.69) is 13.8 Å². The maximum atomic E-state index is 13.3. The van der Waals surface area contributed by atoms with Crippen molar-refractivity contribution >= 4 is 10.1 Å². The lowest BCUT2D eigenvalue weighted by atomic mass is 9.89. The second-order valence-corrected chi connectivity index (χ2v) is 11.1. The fourth-order valence-electron chi connectivity index (χ4n) is 3.62. The van der Waals surface area contributed by atoms with Gasteiger partial charge >= 0.3 is 0 Å². The lowest BCUT2D eigenvalue weighted by Gasteiger charge is -2.23. The van der Waals surface area contributed by atoms with Crippen LogP contribution < -0.4 is 4.74 Å². The van der Waals surface area contributed by atoms with Crippen molar-refractivity contribution in [3.05, 3.63) is 58.7 Å². The van der Waals surface area contributed by atoms with Crippen LogP contribution in [-0.4, -0.2) is 40.0 Å². The Bertz CT molecular complexity index is 981. The van der Waals surface area contributed by atoms with Crippen LogP contribution in [0.2, 0.25) is 0 Å². The minimum Gasteiger partial charge on any atom is -0.497 e. The Hall–Kier alpha value is -1.93. The van der Waals surface area contributed by atoms with Crippen LogP contribution in [0.15, 0.2) is 41.3 Å². The third-order valence-corrected chi connectivity index (χ3v) is 7.19. The van der Waals surface area contributed by atoms with E-state index in [1.54, 1.807) is 7.11 Å². The number of ether oxygens (including phenoxy) is 2. The highest BCUT2D eigenvalue weighted by molar-refractivity contribution is 7.86. The highest BCUT2D eigenvalue weighted by Gasteiger charge is 2.28. The first-order valence-corrected chi connectivity index (χ1v) is 13.3. The van der Waals surface area contributed by atoms with E-state index in [4.69, 9.17) is 13.7 Å². The van der Waals surface area contributed by atoms with Crippen LogP contribution >= 0.6 is 0 Å². The lowest BCUT2D eigenvalue weighted by Crippen LogP contribution is -2.22. The number of hydrogen-bond donors (Lipinski definition) is 1. The molecule has 2 aromatic rings. The summed E-state index contributed by atoms with van der Waals surface area (Å²) in [6.07, 6.45) is -0.683. The Labute approximate surface area is 205 Å². The summed E-state index contributed by atoms with van der Waals surface area (Å²) in [5, 5.41) is 10.3. The van der Waals surface area contributed by atoms with E-state index in [0.717, 1.165) is 28.0 Å². The van der Waals surface area contributed by atoms with Gasteiger partial charge in [0.25, 0.3) is 10.1 Å². The molecule has 0 aliphatic heterocycles. The molecule has 0 bridgehead atoms. The zero-order chi connectivity index (χ0) is 25.5. The predicted octanol–water partition coefficient (Wildman–Crippen LogP) is 5.74. The smallest absolute Gasteiger partial charge is 0.297 e. The summed E-state index contributed by atoms with van der Waals surface area (Å²) >= 11 is 0. The minimum atomic E-state index is -4.04. The fraction of sp³-hybridized carbons (Fsp3) is 0.556. The van der Waals surface area contributed by atoms with Gasteiger partial charge in [-0.2, -0.15) is 8.42 Å². The molecule has 6 nitrogen and oxygen atoms in total. The summed E-state index contributed by atoms with van der Waals surface area (Å²) in [6.45, 7) is 12.5. The largest absolute Gasteiger partial charge is 0.497 e. The first kappa shape index (κ1) is 28.3. The molecule has 0 unspecified atom stereocenters. The van der Waals surface area contributed by atoms with E-state index in [9.17, 15) is 13.5 Å². The Morgan fingerprint density at radius 3 is 1.91 bits per heavy atom. The summed E-state index contributed by atoms with van der Waals surface area (Å²) in [4.78, 5) is 0.241. The average molecular weight is 493 g/mol. The molecule has 0 saturated heterocycles. The van der Waals surface area contributed by atoms with Crippen LogP contribution in [0, 0.1) is 0 Å². The Morgan fingerprint density at radius 1 is 0.882 bits per heavy atom. The van der Waals surface area contributed by atoms with Gasteiger partial charge in [-0.15, -0.1) is 0 Å². The summed E-state index contributed by atoms with van der Waals surface area (Å²) < 4.78 is 42.6. The number of aliphatic hydroxyl groups is 1. The van der Waals surface area contributed by atoms with E-state index in [0.29, 0.717) is 6.61 Å². The standard InChI is InChI=1S/C27H40O6S/c1-18(2)22-14-25(19(3)4)27(26(15-22)20(5)6)34(29,30)33-17-23(28)12-13-32-16-21-8-10-24(31-7)11-9-21/h8-11,14-15,18-20,23,28H,12-13,16-17H2,1-7H3/t23-/m0/s1. The van der Waals surface area contributed by atoms with Gasteiger partial charge in [0.1, 0.15) is 10.6 Å². The molecule has 0 spiro atoms. The molecule has 0 heterocycles. The molecule has 2 aromatic carbocycles. The van der Waals surface area contributed by atoms with Gasteiger partial charge in [0, 0.05) is 6.61 Å². The van der Waals surface area contributed by atoms with Crippen molar-refractivity contribution in [3.63, 3.8) is 0 Å². The van der Waals surface area contributed by atoms with Crippen LogP contribution in [-0.2, 0) is 25.6 Å². The number of rotatable bonds is 13. The third kappa shape index (κ3) is 7.80. The van der Waals surface area contributed by atoms with Crippen molar-refractivity contribution in [3.8, 4) is 5.75 Å². The Morgan fingerprint density at radius 2 is 1.44 bits per heavy atom. The number of hydrogen-bond acceptors (Lipinski definition) is 6. The van der Waals surface area contributed by atoms with Crippen LogP contribution in [0.3, 0.4) is 0 Å². The molecule has 1 N–H and O–H groups in total. The molecule has 0 aliphatic rings. The van der Waals surface area contributed by atoms with Gasteiger partial charge < -0.3 is 14.6 Å². The first-order valence-electron chi connectivity index (χ1n) is 11.9. The second-order valence-electron chi connectivity index (χ2n) is 9.57. The Kier molecular flexibility index (Phi) is 10.6. The monoisotopic (exact) mass is 492 g/mol. The van der Waals surface area contributed by atoms with Crippen LogP contribution in [0.25, 0.3) is 0 Å².